The number of aromatic nitrogens is 2. The van der Waals surface area contributed by atoms with Gasteiger partial charge in [-0.3, -0.25) is 9.89 Å². The predicted octanol–water partition coefficient (Wildman–Crippen LogP) is 2.02. The standard InChI is InChI=1S/C20H31N7S/c1-17(18-6-3-15-28-18)16-25-19(21-2)22-9-5-10-26-11-13-27(14-12-26)20-23-7-4-8-24-20/h3-4,6-8,15,17H,5,9-14,16H2,1-2H3,(H2,21,22,25). The minimum absolute atomic E-state index is 0.489. The fourth-order valence-corrected chi connectivity index (χ4v) is 4.07. The van der Waals surface area contributed by atoms with Crippen LogP contribution in [0.5, 0.6) is 0 Å². The van der Waals surface area contributed by atoms with Crippen LogP contribution in [0, 0.1) is 0 Å². The topological polar surface area (TPSA) is 68.7 Å². The largest absolute Gasteiger partial charge is 0.356 e. The average molecular weight is 402 g/mol. The predicted molar refractivity (Wildman–Crippen MR) is 117 cm³/mol. The van der Waals surface area contributed by atoms with Crippen molar-refractivity contribution in [3.05, 3.63) is 40.8 Å². The molecule has 1 unspecified atom stereocenters. The molecule has 8 heteroatoms. The van der Waals surface area contributed by atoms with E-state index in [1.54, 1.807) is 0 Å². The first-order chi connectivity index (χ1) is 13.8. The van der Waals surface area contributed by atoms with Crippen molar-refractivity contribution in [3.8, 4) is 0 Å². The molecule has 28 heavy (non-hydrogen) atoms. The van der Waals surface area contributed by atoms with Crippen molar-refractivity contribution in [2.45, 2.75) is 19.3 Å². The lowest BCUT2D eigenvalue weighted by molar-refractivity contribution is 0.254. The quantitative estimate of drug-likeness (QED) is 0.401. The second-order valence-electron chi connectivity index (χ2n) is 7.03. The number of thiophene rings is 1. The van der Waals surface area contributed by atoms with Gasteiger partial charge in [0, 0.05) is 69.5 Å². The molecule has 2 aromatic heterocycles. The van der Waals surface area contributed by atoms with Gasteiger partial charge in [0.1, 0.15) is 0 Å². The average Bonchev–Trinajstić information content (AvgIpc) is 3.29. The summed E-state index contributed by atoms with van der Waals surface area (Å²) < 4.78 is 0. The van der Waals surface area contributed by atoms with Crippen LogP contribution in [-0.2, 0) is 0 Å². The summed E-state index contributed by atoms with van der Waals surface area (Å²) in [5, 5.41) is 8.99. The molecule has 7 nitrogen and oxygen atoms in total. The van der Waals surface area contributed by atoms with Gasteiger partial charge < -0.3 is 15.5 Å². The molecule has 0 radical (unpaired) electrons. The van der Waals surface area contributed by atoms with Gasteiger partial charge in [0.25, 0.3) is 0 Å². The molecule has 0 aromatic carbocycles. The van der Waals surface area contributed by atoms with Crippen LogP contribution in [0.15, 0.2) is 41.0 Å². The van der Waals surface area contributed by atoms with Crippen LogP contribution in [0.2, 0.25) is 0 Å². The van der Waals surface area contributed by atoms with E-state index < -0.39 is 0 Å². The maximum Gasteiger partial charge on any atom is 0.225 e. The third-order valence-electron chi connectivity index (χ3n) is 4.98. The zero-order valence-electron chi connectivity index (χ0n) is 16.8. The third kappa shape index (κ3) is 6.17. The first kappa shape index (κ1) is 20.5. The zero-order valence-corrected chi connectivity index (χ0v) is 17.7. The van der Waals surface area contributed by atoms with Gasteiger partial charge in [-0.2, -0.15) is 0 Å². The number of aliphatic imine (C=N–C) groups is 1. The number of hydrogen-bond acceptors (Lipinski definition) is 6. The summed E-state index contributed by atoms with van der Waals surface area (Å²) in [5.41, 5.74) is 0. The molecule has 0 saturated carbocycles. The van der Waals surface area contributed by atoms with Crippen LogP contribution in [-0.4, -0.2) is 73.7 Å². The summed E-state index contributed by atoms with van der Waals surface area (Å²) in [6.07, 6.45) is 4.72. The number of nitrogens with zero attached hydrogens (tertiary/aromatic N) is 5. The Kier molecular flexibility index (Phi) is 8.05. The minimum atomic E-state index is 0.489. The Bertz CT molecular complexity index is 697. The van der Waals surface area contributed by atoms with Crippen molar-refractivity contribution in [2.24, 2.45) is 4.99 Å². The Hall–Kier alpha value is -2.19. The molecule has 0 amide bonds. The third-order valence-corrected chi connectivity index (χ3v) is 6.08. The number of piperazine rings is 1. The lowest BCUT2D eigenvalue weighted by Gasteiger charge is -2.34. The Morgan fingerprint density at radius 1 is 1.18 bits per heavy atom. The van der Waals surface area contributed by atoms with Gasteiger partial charge in [-0.15, -0.1) is 11.3 Å². The van der Waals surface area contributed by atoms with Crippen LogP contribution >= 0.6 is 11.3 Å². The van der Waals surface area contributed by atoms with Crippen molar-refractivity contribution in [1.82, 2.24) is 25.5 Å². The Morgan fingerprint density at radius 2 is 1.96 bits per heavy atom. The van der Waals surface area contributed by atoms with Gasteiger partial charge in [0.15, 0.2) is 5.96 Å². The lowest BCUT2D eigenvalue weighted by atomic mass is 10.1. The monoisotopic (exact) mass is 401 g/mol. The molecule has 0 aliphatic carbocycles. The van der Waals surface area contributed by atoms with Gasteiger partial charge in [0.05, 0.1) is 0 Å². The molecule has 1 aliphatic heterocycles. The van der Waals surface area contributed by atoms with Crippen LogP contribution < -0.4 is 15.5 Å². The molecule has 0 spiro atoms. The zero-order chi connectivity index (χ0) is 19.6. The first-order valence-electron chi connectivity index (χ1n) is 9.98. The molecule has 2 aromatic rings. The van der Waals surface area contributed by atoms with E-state index in [1.807, 2.05) is 36.8 Å². The van der Waals surface area contributed by atoms with Gasteiger partial charge in [0.2, 0.25) is 5.95 Å². The Labute approximate surface area is 171 Å². The van der Waals surface area contributed by atoms with Crippen molar-refractivity contribution in [2.75, 3.05) is 57.8 Å². The highest BCUT2D eigenvalue weighted by atomic mass is 32.1. The van der Waals surface area contributed by atoms with E-state index in [1.165, 1.54) is 4.88 Å². The van der Waals surface area contributed by atoms with Crippen molar-refractivity contribution >= 4 is 23.2 Å². The number of guanidine groups is 1. The normalized spacial score (nSPS) is 16.8. The molecule has 0 bridgehead atoms. The fourth-order valence-electron chi connectivity index (χ4n) is 3.28. The van der Waals surface area contributed by atoms with E-state index in [9.17, 15) is 0 Å². The molecule has 1 saturated heterocycles. The molecule has 152 valence electrons. The highest BCUT2D eigenvalue weighted by Crippen LogP contribution is 2.19. The molecule has 2 N–H and O–H groups in total. The maximum atomic E-state index is 4.34. The highest BCUT2D eigenvalue weighted by Gasteiger charge is 2.18. The van der Waals surface area contributed by atoms with Crippen molar-refractivity contribution in [3.63, 3.8) is 0 Å². The Morgan fingerprint density at radius 3 is 2.64 bits per heavy atom. The van der Waals surface area contributed by atoms with Gasteiger partial charge in [-0.25, -0.2) is 9.97 Å². The van der Waals surface area contributed by atoms with Gasteiger partial charge >= 0.3 is 0 Å². The number of hydrogen-bond donors (Lipinski definition) is 2. The van der Waals surface area contributed by atoms with E-state index >= 15 is 0 Å². The smallest absolute Gasteiger partial charge is 0.225 e. The molecular formula is C20H31N7S. The van der Waals surface area contributed by atoms with Crippen LogP contribution in [0.3, 0.4) is 0 Å². The van der Waals surface area contributed by atoms with E-state index in [0.717, 1.165) is 64.1 Å². The summed E-state index contributed by atoms with van der Waals surface area (Å²) in [7, 11) is 1.83. The summed E-state index contributed by atoms with van der Waals surface area (Å²) in [4.78, 5) is 19.2. The number of nitrogens with one attached hydrogen (secondary N) is 2. The van der Waals surface area contributed by atoms with E-state index in [4.69, 9.17) is 0 Å². The maximum absolute atomic E-state index is 4.34. The number of rotatable bonds is 8. The second-order valence-corrected chi connectivity index (χ2v) is 8.01. The van der Waals surface area contributed by atoms with Crippen molar-refractivity contribution < 1.29 is 0 Å². The molecule has 1 aliphatic rings. The van der Waals surface area contributed by atoms with Gasteiger partial charge in [-0.05, 0) is 30.5 Å². The van der Waals surface area contributed by atoms with E-state index in [2.05, 4.69) is 59.8 Å². The van der Waals surface area contributed by atoms with E-state index in [-0.39, 0.29) is 0 Å². The number of anilines is 1. The molecule has 1 atom stereocenters. The fraction of sp³-hybridized carbons (Fsp3) is 0.550. The molecule has 3 rings (SSSR count). The van der Waals surface area contributed by atoms with Gasteiger partial charge in [-0.1, -0.05) is 13.0 Å². The molecular weight excluding hydrogens is 370 g/mol. The first-order valence-corrected chi connectivity index (χ1v) is 10.9. The summed E-state index contributed by atoms with van der Waals surface area (Å²) in [6.45, 7) is 9.25. The Balaban J connectivity index is 1.29. The summed E-state index contributed by atoms with van der Waals surface area (Å²) >= 11 is 1.81. The summed E-state index contributed by atoms with van der Waals surface area (Å²) in [6, 6.07) is 6.16. The SMILES string of the molecule is CN=C(NCCCN1CCN(c2ncccn2)CC1)NCC(C)c1cccs1. The second kappa shape index (κ2) is 11.0. The van der Waals surface area contributed by atoms with Crippen LogP contribution in [0.1, 0.15) is 24.1 Å². The lowest BCUT2D eigenvalue weighted by Crippen LogP contribution is -2.47. The van der Waals surface area contributed by atoms with Crippen molar-refractivity contribution in [1.29, 1.82) is 0 Å². The molecule has 1 fully saturated rings. The van der Waals surface area contributed by atoms with E-state index in [0.29, 0.717) is 5.92 Å². The van der Waals surface area contributed by atoms with Crippen LogP contribution in [0.25, 0.3) is 0 Å². The van der Waals surface area contributed by atoms with Crippen LogP contribution in [0.4, 0.5) is 5.95 Å². The highest BCUT2D eigenvalue weighted by molar-refractivity contribution is 7.10. The summed E-state index contributed by atoms with van der Waals surface area (Å²) in [5.74, 6) is 2.22. The molecule has 3 heterocycles. The minimum Gasteiger partial charge on any atom is -0.356 e.